The molecule has 0 fully saturated rings. The van der Waals surface area contributed by atoms with E-state index in [1.54, 1.807) is 0 Å². The standard InChI is InChI=1S/C85H59N3Si/c1-7-29-61(30-8-1)85(62-31-9-2-10-32-62,63-33-11-3-12-34-63)64-56-66(58-70(57-64)89(67-35-13-4-14-36-67,68-37-15-5-16-38-68)69-39-17-6-18-40-69)87-80-48-26-23-45-75(80)77-59-65(52-54-84(77)87)86-79-47-25-22-44-74(79)76-55-60(51-53-83(76)86)71-41-19-24-46-78(71)88-81-49-27-20-42-72(81)73-43-21-28-50-82(73)88/h1-59H/i1D,2D,3D,4D,5D,6D,7D,8D,9D,10D,11D,12D,13D,14D,15D,16D,17D,18D,19D,20D,21D,22D,23D,24D,25D,26D,27D,28D,29D,30D,31D,32D,33D,34D,35D,36D,37D,38D,39D,40D,41D,42D,43D,44D,45D,46D,47D,48D,49D,50D,51D,52D,53D,54D,55D,56D,57D,58D,59D. The molecule has 0 saturated carbocycles. The van der Waals surface area contributed by atoms with Crippen LogP contribution in [0.4, 0.5) is 0 Å². The second-order valence-electron chi connectivity index (χ2n) is 19.0. The fraction of sp³-hybridized carbons (Fsp3) is 0.0118. The quantitative estimate of drug-likeness (QED) is 0.0855. The minimum absolute atomic E-state index is 0.0836. The zero-order valence-electron chi connectivity index (χ0n) is 103. The molecule has 418 valence electrons. The third-order valence-electron chi connectivity index (χ3n) is 14.7. The summed E-state index contributed by atoms with van der Waals surface area (Å²) in [6.45, 7) is 0. The van der Waals surface area contributed by atoms with E-state index in [9.17, 15) is 65.8 Å². The van der Waals surface area contributed by atoms with Crippen LogP contribution in [0.2, 0.25) is 0 Å². The van der Waals surface area contributed by atoms with Gasteiger partial charge in [0.05, 0.1) is 125 Å². The lowest BCUT2D eigenvalue weighted by molar-refractivity contribution is 0.745. The van der Waals surface area contributed by atoms with Crippen LogP contribution in [0.3, 0.4) is 0 Å². The number of benzene rings is 14. The molecule has 4 heteroatoms. The van der Waals surface area contributed by atoms with Crippen molar-refractivity contribution in [2.75, 3.05) is 0 Å². The van der Waals surface area contributed by atoms with E-state index >= 15 is 0 Å². The van der Waals surface area contributed by atoms with Crippen molar-refractivity contribution >= 4 is 94.2 Å². The fourth-order valence-electron chi connectivity index (χ4n) is 11.1. The van der Waals surface area contributed by atoms with Crippen molar-refractivity contribution in [3.05, 3.63) is 379 Å². The smallest absolute Gasteiger partial charge is 0.179 e. The Morgan fingerprint density at radius 1 is 0.236 bits per heavy atom. The highest BCUT2D eigenvalue weighted by atomic mass is 28.3. The average Bonchev–Trinajstić information content (AvgIpc) is 0.825. The van der Waals surface area contributed by atoms with E-state index in [2.05, 4.69) is 0 Å². The summed E-state index contributed by atoms with van der Waals surface area (Å²) in [6, 6.07) is -90.3. The van der Waals surface area contributed by atoms with Crippen LogP contribution < -0.4 is 20.7 Å². The van der Waals surface area contributed by atoms with Crippen molar-refractivity contribution in [2.24, 2.45) is 0 Å². The molecule has 89 heavy (non-hydrogen) atoms. The Bertz CT molecular complexity index is 8380. The molecule has 0 atom stereocenters. The maximum atomic E-state index is 11.7. The highest BCUT2D eigenvalue weighted by Crippen LogP contribution is 2.47. The normalized spacial score (nSPS) is 21.3. The Hall–Kier alpha value is -11.3. The molecule has 3 nitrogen and oxygen atoms in total. The molecular formula is C85H59N3Si. The van der Waals surface area contributed by atoms with Crippen LogP contribution in [0.25, 0.3) is 93.6 Å². The second-order valence-corrected chi connectivity index (χ2v) is 22.5. The van der Waals surface area contributed by atoms with Gasteiger partial charge in [0.15, 0.2) is 8.07 Å². The van der Waals surface area contributed by atoms with Gasteiger partial charge in [-0.1, -0.05) is 284 Å². The van der Waals surface area contributed by atoms with E-state index in [0.29, 0.717) is 9.13 Å². The highest BCUT2D eigenvalue weighted by Gasteiger charge is 2.45. The minimum atomic E-state index is -7.75. The zero-order chi connectivity index (χ0) is 110. The van der Waals surface area contributed by atoms with Crippen LogP contribution in [0.5, 0.6) is 0 Å². The molecule has 17 rings (SSSR count). The molecule has 3 aromatic heterocycles. The Balaban J connectivity index is 1.20. The number of aromatic nitrogens is 3. The second kappa shape index (κ2) is 21.3. The largest absolute Gasteiger partial charge is 0.309 e. The maximum Gasteiger partial charge on any atom is 0.179 e. The summed E-state index contributed by atoms with van der Waals surface area (Å²) >= 11 is 0. The summed E-state index contributed by atoms with van der Waals surface area (Å²) in [5.41, 5.74) is -26.1. The summed E-state index contributed by atoms with van der Waals surface area (Å²) in [4.78, 5) is 0. The molecule has 14 aromatic carbocycles. The Labute approximate surface area is 601 Å². The van der Waals surface area contributed by atoms with Crippen LogP contribution in [-0.4, -0.2) is 21.8 Å². The van der Waals surface area contributed by atoms with Crippen LogP contribution in [0, 0.1) is 0 Å². The number of hydrogen-bond acceptors (Lipinski definition) is 0. The van der Waals surface area contributed by atoms with E-state index < -0.39 is 507 Å². The van der Waals surface area contributed by atoms with E-state index in [1.165, 1.54) is 0 Å². The SMILES string of the molecule is [2H]c1c([2H])c([2H])c(C(c2c([2H])c([2H])c([2H])c([2H])c2[2H])(c2c([2H])c([2H])c([2H])c([2H])c2[2H])c2c([2H])c(-n3c4c([2H])c([2H])c([2H])c([2H])c4c4c([2H])c(-n5c6c([2H])c([2H])c([2H])c([2H])c6c6c([2H])c(-c7c([2H])c([2H])c([2H])c([2H])c7-n7c8c([2H])c([2H])c([2H])c([2H])c8c8c([2H])c([2H])c([2H])c([2H])c87)c([2H])c([2H])c65)c([2H])c([2H])c43)c([2H])c([Si](c3c([2H])c([2H])c([2H])c([2H])c3[2H])(c3c([2H])c([2H])c([2H])c([2H])c3[2H])c3c([2H])c([2H])c([2H])c([2H])c3[2H])c2[2H])c([2H])c1[2H]. The molecule has 0 radical (unpaired) electrons. The predicted molar refractivity (Wildman–Crippen MR) is 377 cm³/mol. The first-order valence-corrected chi connectivity index (χ1v) is 28.0. The van der Waals surface area contributed by atoms with E-state index in [-0.39, 0.29) is 4.57 Å². The van der Waals surface area contributed by atoms with E-state index in [0.717, 1.165) is 0 Å². The maximum absolute atomic E-state index is 11.7. The predicted octanol–water partition coefficient (Wildman–Crippen LogP) is 18.4. The molecule has 0 spiro atoms. The molecule has 3 heterocycles. The molecule has 0 aliphatic rings. The fourth-order valence-corrected chi connectivity index (χ4v) is 14.7. The monoisotopic (exact) mass is 1210 g/mol. The molecule has 0 N–H and O–H groups in total. The highest BCUT2D eigenvalue weighted by molar-refractivity contribution is 7.20. The van der Waals surface area contributed by atoms with Gasteiger partial charge in [0, 0.05) is 49.3 Å². The Morgan fingerprint density at radius 2 is 0.596 bits per heavy atom. The van der Waals surface area contributed by atoms with E-state index in [4.69, 9.17) is 15.1 Å². The van der Waals surface area contributed by atoms with Crippen molar-refractivity contribution in [1.29, 1.82) is 0 Å². The first-order valence-electron chi connectivity index (χ1n) is 55.5. The summed E-state index contributed by atoms with van der Waals surface area (Å²) in [5, 5.41) is -13.4. The molecule has 0 aliphatic carbocycles. The summed E-state index contributed by atoms with van der Waals surface area (Å²) < 4.78 is 580. The van der Waals surface area contributed by atoms with Gasteiger partial charge in [-0.05, 0) is 121 Å². The lowest BCUT2D eigenvalue weighted by Crippen LogP contribution is -2.74. The van der Waals surface area contributed by atoms with Gasteiger partial charge in [-0.3, -0.25) is 0 Å². The molecule has 0 unspecified atom stereocenters. The summed E-state index contributed by atoms with van der Waals surface area (Å²) in [7, 11) is -7.75. The van der Waals surface area contributed by atoms with Crippen molar-refractivity contribution in [1.82, 2.24) is 13.7 Å². The molecule has 0 saturated heterocycles. The first-order chi connectivity index (χ1) is 68.7. The summed E-state index contributed by atoms with van der Waals surface area (Å²) in [6.07, 6.45) is 0. The number of rotatable bonds is 12. The zero-order valence-corrected chi connectivity index (χ0v) is 45.3. The third-order valence-corrected chi connectivity index (χ3v) is 18.7. The van der Waals surface area contributed by atoms with Crippen molar-refractivity contribution in [3.63, 3.8) is 0 Å². The first kappa shape index (κ1) is 19.6. The number of para-hydroxylation sites is 5. The average molecular weight is 1210 g/mol. The van der Waals surface area contributed by atoms with Gasteiger partial charge in [-0.25, -0.2) is 0 Å². The van der Waals surface area contributed by atoms with Gasteiger partial charge >= 0.3 is 0 Å². The number of fused-ring (bicyclic) bond motifs is 9. The molecule has 0 aliphatic heterocycles. The van der Waals surface area contributed by atoms with Crippen molar-refractivity contribution in [2.45, 2.75) is 5.41 Å². The number of hydrogen-bond donors (Lipinski definition) is 0. The van der Waals surface area contributed by atoms with Gasteiger partial charge in [0.2, 0.25) is 0 Å². The van der Waals surface area contributed by atoms with Gasteiger partial charge in [0.1, 0.15) is 0 Å². The van der Waals surface area contributed by atoms with Gasteiger partial charge in [-0.15, -0.1) is 0 Å². The lowest BCUT2D eigenvalue weighted by Gasteiger charge is -2.40. The van der Waals surface area contributed by atoms with Crippen LogP contribution in [0.15, 0.2) is 357 Å². The van der Waals surface area contributed by atoms with Crippen molar-refractivity contribution < 1.29 is 80.9 Å². The third kappa shape index (κ3) is 8.11. The van der Waals surface area contributed by atoms with Crippen LogP contribution in [0.1, 0.15) is 103 Å². The van der Waals surface area contributed by atoms with Gasteiger partial charge < -0.3 is 13.7 Å². The molecule has 0 amide bonds. The molecule has 0 bridgehead atoms. The van der Waals surface area contributed by atoms with E-state index in [1.807, 2.05) is 0 Å². The van der Waals surface area contributed by atoms with Crippen molar-refractivity contribution in [3.8, 4) is 28.2 Å². The molecule has 17 aromatic rings. The van der Waals surface area contributed by atoms with Gasteiger partial charge in [0.25, 0.3) is 0 Å². The molecular weight excluding hydrogens is 1090 g/mol. The topological polar surface area (TPSA) is 14.8 Å². The minimum Gasteiger partial charge on any atom is -0.309 e. The lowest BCUT2D eigenvalue weighted by atomic mass is 9.65. The van der Waals surface area contributed by atoms with Crippen LogP contribution in [-0.2, 0) is 5.41 Å². The summed E-state index contributed by atoms with van der Waals surface area (Å²) in [5.74, 6) is 0. The van der Waals surface area contributed by atoms with Crippen LogP contribution >= 0.6 is 0 Å². The van der Waals surface area contributed by atoms with Gasteiger partial charge in [-0.2, -0.15) is 0 Å². The Kier molecular flexibility index (Phi) is 4.69. The Morgan fingerprint density at radius 3 is 1.08 bits per heavy atom. The number of nitrogens with zero attached hydrogens (tertiary/aromatic N) is 3.